The molecule has 4 rings (SSSR count). The lowest BCUT2D eigenvalue weighted by Crippen LogP contribution is -2.19. The number of hydrogen-bond donors (Lipinski definition) is 1. The zero-order valence-corrected chi connectivity index (χ0v) is 16.9. The molecule has 0 spiro atoms. The van der Waals surface area contributed by atoms with E-state index in [4.69, 9.17) is 23.7 Å². The molecule has 0 saturated carbocycles. The van der Waals surface area contributed by atoms with Crippen LogP contribution >= 0.6 is 0 Å². The highest BCUT2D eigenvalue weighted by molar-refractivity contribution is 6.00. The molecule has 6 heteroatoms. The minimum atomic E-state index is -0.425. The molecule has 1 heterocycles. The second-order valence-electron chi connectivity index (χ2n) is 6.59. The standard InChI is InChI=1S/C23H23NO5/c1-13-24-21-16-9-7-6-8-15(16)18(25-2)12-17(21)22(29-13)14-10-19(26-3)23(28-5)20(11-14)27-4/h6-12,22,24H,1H2,2-5H3. The first-order valence-electron chi connectivity index (χ1n) is 9.13. The van der Waals surface area contributed by atoms with Gasteiger partial charge in [0.2, 0.25) is 5.75 Å². The van der Waals surface area contributed by atoms with Gasteiger partial charge in [-0.2, -0.15) is 0 Å². The van der Waals surface area contributed by atoms with Crippen molar-refractivity contribution in [3.63, 3.8) is 0 Å². The Bertz CT molecular complexity index is 1070. The first kappa shape index (κ1) is 18.8. The molecule has 1 unspecified atom stereocenters. The smallest absolute Gasteiger partial charge is 0.203 e. The minimum absolute atomic E-state index is 0.425. The van der Waals surface area contributed by atoms with Gasteiger partial charge >= 0.3 is 0 Å². The van der Waals surface area contributed by atoms with Gasteiger partial charge in [0.05, 0.1) is 34.1 Å². The highest BCUT2D eigenvalue weighted by Crippen LogP contribution is 2.48. The van der Waals surface area contributed by atoms with Crippen molar-refractivity contribution >= 4 is 16.5 Å². The normalized spacial score (nSPS) is 15.2. The molecule has 1 aliphatic rings. The van der Waals surface area contributed by atoms with E-state index in [1.54, 1.807) is 28.4 Å². The Labute approximate surface area is 169 Å². The Morgan fingerprint density at radius 2 is 1.45 bits per heavy atom. The summed E-state index contributed by atoms with van der Waals surface area (Å²) in [7, 11) is 6.43. The fraction of sp³-hybridized carbons (Fsp3) is 0.217. The lowest BCUT2D eigenvalue weighted by Gasteiger charge is -2.31. The van der Waals surface area contributed by atoms with Gasteiger partial charge in [0.25, 0.3) is 0 Å². The lowest BCUT2D eigenvalue weighted by atomic mass is 9.93. The SMILES string of the molecule is C=C1Nc2c(cc(OC)c3ccccc23)C(c2cc(OC)c(OC)c(OC)c2)O1. The minimum Gasteiger partial charge on any atom is -0.496 e. The van der Waals surface area contributed by atoms with Gasteiger partial charge in [0.15, 0.2) is 23.5 Å². The first-order chi connectivity index (χ1) is 14.1. The van der Waals surface area contributed by atoms with Crippen LogP contribution in [0.5, 0.6) is 23.0 Å². The summed E-state index contributed by atoms with van der Waals surface area (Å²) in [5, 5.41) is 5.32. The van der Waals surface area contributed by atoms with Crippen LogP contribution in [0.4, 0.5) is 5.69 Å². The Hall–Kier alpha value is -3.54. The van der Waals surface area contributed by atoms with E-state index in [9.17, 15) is 0 Å². The predicted molar refractivity (Wildman–Crippen MR) is 112 cm³/mol. The predicted octanol–water partition coefficient (Wildman–Crippen LogP) is 4.88. The molecule has 0 amide bonds. The first-order valence-corrected chi connectivity index (χ1v) is 9.13. The summed E-state index contributed by atoms with van der Waals surface area (Å²) in [6.07, 6.45) is -0.425. The van der Waals surface area contributed by atoms with Gasteiger partial charge < -0.3 is 29.0 Å². The van der Waals surface area contributed by atoms with Crippen molar-refractivity contribution in [2.75, 3.05) is 33.8 Å². The zero-order valence-electron chi connectivity index (χ0n) is 16.9. The van der Waals surface area contributed by atoms with Crippen LogP contribution in [0.2, 0.25) is 0 Å². The average molecular weight is 393 g/mol. The topological polar surface area (TPSA) is 58.2 Å². The Kier molecular flexibility index (Phi) is 4.84. The van der Waals surface area contributed by atoms with E-state index in [-0.39, 0.29) is 0 Å². The van der Waals surface area contributed by atoms with Gasteiger partial charge in [0.1, 0.15) is 5.75 Å². The molecule has 1 atom stereocenters. The summed E-state index contributed by atoms with van der Waals surface area (Å²) < 4.78 is 28.2. The van der Waals surface area contributed by atoms with Crippen LogP contribution in [0.25, 0.3) is 10.8 Å². The number of rotatable bonds is 5. The molecule has 3 aromatic rings. The Morgan fingerprint density at radius 3 is 2.03 bits per heavy atom. The van der Waals surface area contributed by atoms with Gasteiger partial charge in [0, 0.05) is 21.9 Å². The van der Waals surface area contributed by atoms with Crippen LogP contribution in [-0.4, -0.2) is 28.4 Å². The summed E-state index contributed by atoms with van der Waals surface area (Å²) in [6.45, 7) is 4.01. The van der Waals surface area contributed by atoms with Gasteiger partial charge in [-0.05, 0) is 24.8 Å². The third-order valence-corrected chi connectivity index (χ3v) is 5.05. The number of methoxy groups -OCH3 is 4. The molecular weight excluding hydrogens is 370 g/mol. The molecule has 1 aliphatic heterocycles. The summed E-state index contributed by atoms with van der Waals surface area (Å²) in [5.41, 5.74) is 2.72. The highest BCUT2D eigenvalue weighted by atomic mass is 16.5. The van der Waals surface area contributed by atoms with Crippen molar-refractivity contribution in [1.82, 2.24) is 0 Å². The van der Waals surface area contributed by atoms with Crippen LogP contribution in [0.1, 0.15) is 17.2 Å². The highest BCUT2D eigenvalue weighted by Gasteiger charge is 2.30. The number of fused-ring (bicyclic) bond motifs is 3. The number of nitrogens with one attached hydrogen (secondary N) is 1. The molecule has 0 bridgehead atoms. The fourth-order valence-corrected chi connectivity index (χ4v) is 3.75. The summed E-state index contributed by atoms with van der Waals surface area (Å²) >= 11 is 0. The van der Waals surface area contributed by atoms with E-state index in [1.807, 2.05) is 36.4 Å². The van der Waals surface area contributed by atoms with Gasteiger partial charge in [-0.15, -0.1) is 0 Å². The molecule has 0 aliphatic carbocycles. The van der Waals surface area contributed by atoms with Crippen molar-refractivity contribution in [2.45, 2.75) is 6.10 Å². The molecule has 29 heavy (non-hydrogen) atoms. The molecular formula is C23H23NO5. The lowest BCUT2D eigenvalue weighted by molar-refractivity contribution is 0.148. The van der Waals surface area contributed by atoms with E-state index < -0.39 is 6.10 Å². The second kappa shape index (κ2) is 7.47. The number of ether oxygens (including phenoxy) is 5. The van der Waals surface area contributed by atoms with E-state index in [1.165, 1.54) is 0 Å². The maximum Gasteiger partial charge on any atom is 0.203 e. The maximum absolute atomic E-state index is 6.11. The van der Waals surface area contributed by atoms with Crippen LogP contribution in [0.3, 0.4) is 0 Å². The van der Waals surface area contributed by atoms with Crippen molar-refractivity contribution in [3.8, 4) is 23.0 Å². The van der Waals surface area contributed by atoms with Gasteiger partial charge in [-0.25, -0.2) is 0 Å². The quantitative estimate of drug-likeness (QED) is 0.667. The monoisotopic (exact) mass is 393 g/mol. The largest absolute Gasteiger partial charge is 0.496 e. The number of hydrogen-bond acceptors (Lipinski definition) is 6. The number of benzene rings is 3. The average Bonchev–Trinajstić information content (AvgIpc) is 2.77. The van der Waals surface area contributed by atoms with Crippen molar-refractivity contribution in [3.05, 3.63) is 66.1 Å². The second-order valence-corrected chi connectivity index (χ2v) is 6.59. The van der Waals surface area contributed by atoms with Gasteiger partial charge in [-0.1, -0.05) is 24.3 Å². The maximum atomic E-state index is 6.11. The Morgan fingerprint density at radius 1 is 0.828 bits per heavy atom. The van der Waals surface area contributed by atoms with Crippen LogP contribution < -0.4 is 24.3 Å². The zero-order chi connectivity index (χ0) is 20.5. The van der Waals surface area contributed by atoms with Crippen LogP contribution in [0, 0.1) is 0 Å². The molecule has 0 radical (unpaired) electrons. The van der Waals surface area contributed by atoms with E-state index in [0.717, 1.165) is 33.3 Å². The van der Waals surface area contributed by atoms with Crippen LogP contribution in [0.15, 0.2) is 54.9 Å². The molecule has 150 valence electrons. The van der Waals surface area contributed by atoms with E-state index in [2.05, 4.69) is 18.0 Å². The summed E-state index contributed by atoms with van der Waals surface area (Å²) in [6, 6.07) is 13.8. The molecule has 3 aromatic carbocycles. The van der Waals surface area contributed by atoms with Crippen molar-refractivity contribution in [1.29, 1.82) is 0 Å². The fourth-order valence-electron chi connectivity index (χ4n) is 3.75. The van der Waals surface area contributed by atoms with Crippen molar-refractivity contribution < 1.29 is 23.7 Å². The third kappa shape index (κ3) is 3.06. The Balaban J connectivity index is 1.96. The molecule has 0 fully saturated rings. The van der Waals surface area contributed by atoms with E-state index in [0.29, 0.717) is 23.1 Å². The molecule has 6 nitrogen and oxygen atoms in total. The van der Waals surface area contributed by atoms with Crippen LogP contribution in [-0.2, 0) is 4.74 Å². The summed E-state index contributed by atoms with van der Waals surface area (Å²) in [5.74, 6) is 2.89. The van der Waals surface area contributed by atoms with Gasteiger partial charge in [-0.3, -0.25) is 0 Å². The molecule has 0 aromatic heterocycles. The molecule has 0 saturated heterocycles. The molecule has 1 N–H and O–H groups in total. The third-order valence-electron chi connectivity index (χ3n) is 5.05. The number of anilines is 1. The van der Waals surface area contributed by atoms with E-state index >= 15 is 0 Å². The summed E-state index contributed by atoms with van der Waals surface area (Å²) in [4.78, 5) is 0. The van der Waals surface area contributed by atoms with Crippen molar-refractivity contribution in [2.24, 2.45) is 0 Å².